The molecule has 0 saturated heterocycles. The molecule has 0 radical (unpaired) electrons. The number of aliphatic carboxylic acids is 1. The van der Waals surface area contributed by atoms with Gasteiger partial charge in [-0.2, -0.15) is 5.26 Å². The zero-order valence-corrected chi connectivity index (χ0v) is 10.3. The molecule has 0 bridgehead atoms. The first-order chi connectivity index (χ1) is 8.86. The number of benzene rings is 1. The number of nitrogens with zero attached hydrogens (tertiary/aromatic N) is 2. The van der Waals surface area contributed by atoms with Crippen molar-refractivity contribution >= 4 is 17.7 Å². The summed E-state index contributed by atoms with van der Waals surface area (Å²) in [6.45, 7) is 1.33. The van der Waals surface area contributed by atoms with Crippen LogP contribution in [0.3, 0.4) is 0 Å². The van der Waals surface area contributed by atoms with E-state index in [0.717, 1.165) is 11.0 Å². The maximum Gasteiger partial charge on any atom is 0.326 e. The Labute approximate surface area is 109 Å². The van der Waals surface area contributed by atoms with Crippen molar-refractivity contribution < 1.29 is 19.1 Å². The van der Waals surface area contributed by atoms with Gasteiger partial charge in [-0.1, -0.05) is 0 Å². The summed E-state index contributed by atoms with van der Waals surface area (Å²) in [5.41, 5.74) is 0.0104. The topological polar surface area (TPSA) is 93.4 Å². The summed E-state index contributed by atoms with van der Waals surface area (Å²) in [6, 6.07) is 3.54. The number of nitrogens with one attached hydrogen (secondary N) is 1. The van der Waals surface area contributed by atoms with Gasteiger partial charge in [-0.05, 0) is 25.1 Å². The van der Waals surface area contributed by atoms with Crippen molar-refractivity contribution in [2.24, 2.45) is 0 Å². The van der Waals surface area contributed by atoms with Gasteiger partial charge in [0.25, 0.3) is 0 Å². The van der Waals surface area contributed by atoms with Crippen LogP contribution in [0.5, 0.6) is 0 Å². The van der Waals surface area contributed by atoms with Crippen LogP contribution in [-0.4, -0.2) is 35.1 Å². The lowest BCUT2D eigenvalue weighted by Gasteiger charge is -2.21. The van der Waals surface area contributed by atoms with Crippen molar-refractivity contribution in [1.29, 1.82) is 5.26 Å². The number of likely N-dealkylation sites (N-methyl/N-ethyl adjacent to an activating group) is 1. The van der Waals surface area contributed by atoms with Gasteiger partial charge in [-0.3, -0.25) is 0 Å². The number of halogens is 1. The van der Waals surface area contributed by atoms with Crippen LogP contribution in [0.2, 0.25) is 0 Å². The molecule has 0 aliphatic carbocycles. The van der Waals surface area contributed by atoms with E-state index in [-0.39, 0.29) is 11.3 Å². The molecule has 2 amide bonds. The number of hydrogen-bond donors (Lipinski definition) is 2. The Balaban J connectivity index is 2.83. The first kappa shape index (κ1) is 14.4. The van der Waals surface area contributed by atoms with Crippen LogP contribution in [0.25, 0.3) is 0 Å². The Morgan fingerprint density at radius 1 is 1.53 bits per heavy atom. The smallest absolute Gasteiger partial charge is 0.326 e. The van der Waals surface area contributed by atoms with Crippen molar-refractivity contribution in [3.63, 3.8) is 0 Å². The molecule has 6 nitrogen and oxygen atoms in total. The van der Waals surface area contributed by atoms with Gasteiger partial charge in [0, 0.05) is 7.05 Å². The standard InChI is InChI=1S/C12H12FN3O3/c1-7(11(17)18)16(2)12(19)15-10-4-3-8(6-14)5-9(10)13/h3-5,7H,1-2H3,(H,15,19)(H,17,18). The molecule has 1 rings (SSSR count). The molecular weight excluding hydrogens is 253 g/mol. The fourth-order valence-corrected chi connectivity index (χ4v) is 1.23. The average Bonchev–Trinajstić information content (AvgIpc) is 2.38. The fraction of sp³-hybridized carbons (Fsp3) is 0.250. The fourth-order valence-electron chi connectivity index (χ4n) is 1.23. The van der Waals surface area contributed by atoms with Crippen LogP contribution in [0.4, 0.5) is 14.9 Å². The molecule has 1 unspecified atom stereocenters. The minimum atomic E-state index is -1.17. The summed E-state index contributed by atoms with van der Waals surface area (Å²) in [6.07, 6.45) is 0. The van der Waals surface area contributed by atoms with Gasteiger partial charge in [-0.25, -0.2) is 14.0 Å². The van der Waals surface area contributed by atoms with E-state index in [1.807, 2.05) is 0 Å². The molecular formula is C12H12FN3O3. The number of nitriles is 1. The van der Waals surface area contributed by atoms with Crippen LogP contribution in [0.1, 0.15) is 12.5 Å². The van der Waals surface area contributed by atoms with Gasteiger partial charge in [0.05, 0.1) is 17.3 Å². The predicted octanol–water partition coefficient (Wildman–Crippen LogP) is 1.63. The monoisotopic (exact) mass is 265 g/mol. The summed E-state index contributed by atoms with van der Waals surface area (Å²) in [7, 11) is 1.29. The molecule has 0 aromatic heterocycles. The summed E-state index contributed by atoms with van der Waals surface area (Å²) in [5.74, 6) is -1.93. The highest BCUT2D eigenvalue weighted by molar-refractivity contribution is 5.92. The third kappa shape index (κ3) is 3.42. The largest absolute Gasteiger partial charge is 0.480 e. The first-order valence-electron chi connectivity index (χ1n) is 5.33. The lowest BCUT2D eigenvalue weighted by molar-refractivity contribution is -0.141. The zero-order chi connectivity index (χ0) is 14.6. The van der Waals surface area contributed by atoms with E-state index in [0.29, 0.717) is 0 Å². The second-order valence-electron chi connectivity index (χ2n) is 3.86. The highest BCUT2D eigenvalue weighted by atomic mass is 19.1. The number of urea groups is 1. The van der Waals surface area contributed by atoms with E-state index in [1.54, 1.807) is 6.07 Å². The van der Waals surface area contributed by atoms with Gasteiger partial charge in [0.1, 0.15) is 11.9 Å². The number of amides is 2. The molecule has 1 aromatic rings. The summed E-state index contributed by atoms with van der Waals surface area (Å²) in [5, 5.41) is 19.6. The lowest BCUT2D eigenvalue weighted by Crippen LogP contribution is -2.42. The number of carboxylic acid groups (broad SMARTS) is 1. The molecule has 1 atom stereocenters. The van der Waals surface area contributed by atoms with Crippen LogP contribution in [0.15, 0.2) is 18.2 Å². The molecule has 0 aliphatic rings. The highest BCUT2D eigenvalue weighted by Gasteiger charge is 2.22. The highest BCUT2D eigenvalue weighted by Crippen LogP contribution is 2.16. The second-order valence-corrected chi connectivity index (χ2v) is 3.86. The number of hydrogen-bond acceptors (Lipinski definition) is 3. The summed E-state index contributed by atoms with van der Waals surface area (Å²) in [4.78, 5) is 23.3. The molecule has 0 aliphatic heterocycles. The van der Waals surface area contributed by atoms with Crippen molar-refractivity contribution in [2.75, 3.05) is 12.4 Å². The number of rotatable bonds is 3. The van der Waals surface area contributed by atoms with Gasteiger partial charge >= 0.3 is 12.0 Å². The number of anilines is 1. The van der Waals surface area contributed by atoms with Crippen LogP contribution >= 0.6 is 0 Å². The third-order valence-electron chi connectivity index (χ3n) is 2.60. The van der Waals surface area contributed by atoms with Crippen molar-refractivity contribution in [2.45, 2.75) is 13.0 Å². The van der Waals surface area contributed by atoms with E-state index in [4.69, 9.17) is 10.4 Å². The Morgan fingerprint density at radius 2 is 2.16 bits per heavy atom. The molecule has 100 valence electrons. The Kier molecular flexibility index (Phi) is 4.42. The van der Waals surface area contributed by atoms with Gasteiger partial charge < -0.3 is 15.3 Å². The molecule has 0 spiro atoms. The minimum absolute atomic E-state index is 0.117. The van der Waals surface area contributed by atoms with Crippen LogP contribution in [0, 0.1) is 17.1 Å². The predicted molar refractivity (Wildman–Crippen MR) is 65.0 cm³/mol. The van der Waals surface area contributed by atoms with E-state index in [1.165, 1.54) is 26.1 Å². The van der Waals surface area contributed by atoms with Gasteiger partial charge in [0.15, 0.2) is 0 Å². The molecule has 2 N–H and O–H groups in total. The van der Waals surface area contributed by atoms with Crippen LogP contribution < -0.4 is 5.32 Å². The summed E-state index contributed by atoms with van der Waals surface area (Å²) >= 11 is 0. The molecule has 0 heterocycles. The van der Waals surface area contributed by atoms with Crippen molar-refractivity contribution in [3.8, 4) is 6.07 Å². The maximum absolute atomic E-state index is 13.5. The Hall–Kier alpha value is -2.62. The molecule has 7 heteroatoms. The van der Waals surface area contributed by atoms with Crippen molar-refractivity contribution in [1.82, 2.24) is 4.90 Å². The SMILES string of the molecule is CC(C(=O)O)N(C)C(=O)Nc1ccc(C#N)cc1F. The second kappa shape index (κ2) is 5.82. The quantitative estimate of drug-likeness (QED) is 0.868. The number of carbonyl (C=O) groups excluding carboxylic acids is 1. The first-order valence-corrected chi connectivity index (χ1v) is 5.33. The van der Waals surface area contributed by atoms with E-state index in [9.17, 15) is 14.0 Å². The number of carboxylic acids is 1. The Bertz CT molecular complexity index is 554. The maximum atomic E-state index is 13.5. The molecule has 0 fully saturated rings. The van der Waals surface area contributed by atoms with E-state index in [2.05, 4.69) is 5.32 Å². The normalized spacial score (nSPS) is 11.3. The molecule has 1 aromatic carbocycles. The van der Waals surface area contributed by atoms with Crippen LogP contribution in [-0.2, 0) is 4.79 Å². The van der Waals surface area contributed by atoms with Gasteiger partial charge in [-0.15, -0.1) is 0 Å². The lowest BCUT2D eigenvalue weighted by atomic mass is 10.2. The van der Waals surface area contributed by atoms with E-state index >= 15 is 0 Å². The third-order valence-corrected chi connectivity index (χ3v) is 2.60. The average molecular weight is 265 g/mol. The summed E-state index contributed by atoms with van der Waals surface area (Å²) < 4.78 is 13.5. The van der Waals surface area contributed by atoms with Crippen molar-refractivity contribution in [3.05, 3.63) is 29.6 Å². The minimum Gasteiger partial charge on any atom is -0.480 e. The van der Waals surface area contributed by atoms with E-state index < -0.39 is 23.9 Å². The molecule has 0 saturated carbocycles. The Morgan fingerprint density at radius 3 is 2.63 bits per heavy atom. The number of carbonyl (C=O) groups is 2. The van der Waals surface area contributed by atoms with Gasteiger partial charge in [0.2, 0.25) is 0 Å². The molecule has 19 heavy (non-hydrogen) atoms. The zero-order valence-electron chi connectivity index (χ0n) is 10.3.